The van der Waals surface area contributed by atoms with Crippen molar-refractivity contribution in [3.8, 4) is 0 Å². The smallest absolute Gasteiger partial charge is 0.315 e. The van der Waals surface area contributed by atoms with E-state index in [4.69, 9.17) is 4.74 Å². The zero-order chi connectivity index (χ0) is 7.84. The summed E-state index contributed by atoms with van der Waals surface area (Å²) in [4.78, 5) is 10.9. The van der Waals surface area contributed by atoms with Gasteiger partial charge in [-0.05, 0) is 24.3 Å². The van der Waals surface area contributed by atoms with Crippen molar-refractivity contribution < 1.29 is 9.53 Å². The van der Waals surface area contributed by atoms with E-state index in [-0.39, 0.29) is 5.97 Å². The van der Waals surface area contributed by atoms with Gasteiger partial charge in [0.15, 0.2) is 0 Å². The molecular weight excluding hydrogens is 140 g/mol. The summed E-state index contributed by atoms with van der Waals surface area (Å²) in [5.74, 6) is 1.62. The van der Waals surface area contributed by atoms with Crippen molar-refractivity contribution in [3.63, 3.8) is 0 Å². The number of rotatable bonds is 0. The fourth-order valence-corrected chi connectivity index (χ4v) is 1.77. The summed E-state index contributed by atoms with van der Waals surface area (Å²) in [6.07, 6.45) is 3.82. The molecule has 2 heteroatoms. The van der Waals surface area contributed by atoms with E-state index < -0.39 is 0 Å². The van der Waals surface area contributed by atoms with Crippen LogP contribution in [-0.4, -0.2) is 5.97 Å². The Hall–Kier alpha value is -0.790. The highest BCUT2D eigenvalue weighted by atomic mass is 16.5. The molecule has 1 unspecified atom stereocenters. The predicted octanol–water partition coefficient (Wildman–Crippen LogP) is 2.01. The SMILES string of the molecule is CC1CCC2=C(C1)OC(=O)C2. The van der Waals surface area contributed by atoms with E-state index in [2.05, 4.69) is 6.92 Å². The van der Waals surface area contributed by atoms with E-state index in [0.29, 0.717) is 12.3 Å². The molecule has 2 aliphatic rings. The normalized spacial score (nSPS) is 30.3. The minimum Gasteiger partial charge on any atom is -0.431 e. The van der Waals surface area contributed by atoms with Gasteiger partial charge in [-0.3, -0.25) is 4.79 Å². The number of hydrogen-bond donors (Lipinski definition) is 0. The van der Waals surface area contributed by atoms with Gasteiger partial charge in [0.1, 0.15) is 5.76 Å². The maximum Gasteiger partial charge on any atom is 0.315 e. The number of carbonyl (C=O) groups excluding carboxylic acids is 1. The standard InChI is InChI=1S/C9H12O2/c1-6-2-3-7-5-9(10)11-8(7)4-6/h6H,2-5H2,1H3. The maximum absolute atomic E-state index is 10.9. The Balaban J connectivity index is 2.16. The minimum atomic E-state index is -0.0518. The molecule has 0 aromatic heterocycles. The lowest BCUT2D eigenvalue weighted by molar-refractivity contribution is -0.136. The third-order valence-corrected chi connectivity index (χ3v) is 2.46. The van der Waals surface area contributed by atoms with Gasteiger partial charge in [0.2, 0.25) is 0 Å². The van der Waals surface area contributed by atoms with Gasteiger partial charge in [0.25, 0.3) is 0 Å². The Labute approximate surface area is 66.2 Å². The van der Waals surface area contributed by atoms with Crippen molar-refractivity contribution in [3.05, 3.63) is 11.3 Å². The van der Waals surface area contributed by atoms with Crippen LogP contribution in [0.1, 0.15) is 32.6 Å². The van der Waals surface area contributed by atoms with E-state index in [1.807, 2.05) is 0 Å². The van der Waals surface area contributed by atoms with Crippen molar-refractivity contribution in [1.29, 1.82) is 0 Å². The summed E-state index contributed by atoms with van der Waals surface area (Å²) >= 11 is 0. The van der Waals surface area contributed by atoms with Crippen LogP contribution in [0.15, 0.2) is 11.3 Å². The van der Waals surface area contributed by atoms with Gasteiger partial charge in [0.05, 0.1) is 6.42 Å². The zero-order valence-corrected chi connectivity index (χ0v) is 6.72. The maximum atomic E-state index is 10.9. The van der Waals surface area contributed by atoms with E-state index in [1.54, 1.807) is 0 Å². The lowest BCUT2D eigenvalue weighted by Crippen LogP contribution is -2.04. The fourth-order valence-electron chi connectivity index (χ4n) is 1.77. The number of esters is 1. The average molecular weight is 152 g/mol. The van der Waals surface area contributed by atoms with Crippen molar-refractivity contribution in [2.75, 3.05) is 0 Å². The van der Waals surface area contributed by atoms with Gasteiger partial charge in [-0.1, -0.05) is 6.92 Å². The van der Waals surface area contributed by atoms with Crippen LogP contribution >= 0.6 is 0 Å². The second-order valence-electron chi connectivity index (χ2n) is 3.53. The molecule has 60 valence electrons. The largest absolute Gasteiger partial charge is 0.431 e. The van der Waals surface area contributed by atoms with Crippen LogP contribution in [0.4, 0.5) is 0 Å². The molecule has 0 amide bonds. The van der Waals surface area contributed by atoms with E-state index in [0.717, 1.165) is 18.6 Å². The Morgan fingerprint density at radius 1 is 1.55 bits per heavy atom. The molecule has 0 radical (unpaired) electrons. The van der Waals surface area contributed by atoms with Crippen molar-refractivity contribution in [2.45, 2.75) is 32.6 Å². The number of ether oxygens (including phenoxy) is 1. The first-order valence-electron chi connectivity index (χ1n) is 4.17. The monoisotopic (exact) mass is 152 g/mol. The number of allylic oxidation sites excluding steroid dienone is 1. The Morgan fingerprint density at radius 3 is 3.18 bits per heavy atom. The zero-order valence-electron chi connectivity index (χ0n) is 6.72. The van der Waals surface area contributed by atoms with Gasteiger partial charge in [-0.2, -0.15) is 0 Å². The van der Waals surface area contributed by atoms with Crippen molar-refractivity contribution in [2.24, 2.45) is 5.92 Å². The van der Waals surface area contributed by atoms with Crippen LogP contribution in [0.5, 0.6) is 0 Å². The fraction of sp³-hybridized carbons (Fsp3) is 0.667. The lowest BCUT2D eigenvalue weighted by Gasteiger charge is -2.17. The Bertz CT molecular complexity index is 228. The molecule has 2 nitrogen and oxygen atoms in total. The van der Waals surface area contributed by atoms with Gasteiger partial charge in [-0.15, -0.1) is 0 Å². The molecule has 0 saturated carbocycles. The summed E-state index contributed by atoms with van der Waals surface area (Å²) in [6.45, 7) is 2.20. The first-order valence-corrected chi connectivity index (χ1v) is 4.17. The van der Waals surface area contributed by atoms with Gasteiger partial charge in [-0.25, -0.2) is 0 Å². The topological polar surface area (TPSA) is 26.3 Å². The van der Waals surface area contributed by atoms with Crippen molar-refractivity contribution >= 4 is 5.97 Å². The highest BCUT2D eigenvalue weighted by Gasteiger charge is 2.28. The molecule has 1 aliphatic heterocycles. The average Bonchev–Trinajstić information content (AvgIpc) is 2.27. The molecule has 0 bridgehead atoms. The van der Waals surface area contributed by atoms with E-state index >= 15 is 0 Å². The van der Waals surface area contributed by atoms with Crippen LogP contribution < -0.4 is 0 Å². The summed E-state index contributed by atoms with van der Waals surface area (Å²) in [5.41, 5.74) is 1.26. The van der Waals surface area contributed by atoms with Crippen LogP contribution in [-0.2, 0) is 9.53 Å². The molecule has 0 aromatic rings. The van der Waals surface area contributed by atoms with Crippen LogP contribution in [0.2, 0.25) is 0 Å². The Kier molecular flexibility index (Phi) is 1.48. The highest BCUT2D eigenvalue weighted by molar-refractivity contribution is 5.77. The molecule has 0 saturated heterocycles. The van der Waals surface area contributed by atoms with Crippen LogP contribution in [0.3, 0.4) is 0 Å². The van der Waals surface area contributed by atoms with E-state index in [9.17, 15) is 4.79 Å². The summed E-state index contributed by atoms with van der Waals surface area (Å²) in [5, 5.41) is 0. The number of carbonyl (C=O) groups is 1. The molecule has 2 rings (SSSR count). The third-order valence-electron chi connectivity index (χ3n) is 2.46. The second-order valence-corrected chi connectivity index (χ2v) is 3.53. The third kappa shape index (κ3) is 1.17. The lowest BCUT2D eigenvalue weighted by atomic mass is 9.89. The van der Waals surface area contributed by atoms with Crippen molar-refractivity contribution in [1.82, 2.24) is 0 Å². The molecule has 11 heavy (non-hydrogen) atoms. The number of hydrogen-bond acceptors (Lipinski definition) is 2. The summed E-state index contributed by atoms with van der Waals surface area (Å²) < 4.78 is 5.08. The highest BCUT2D eigenvalue weighted by Crippen LogP contribution is 2.35. The molecule has 0 spiro atoms. The molecule has 1 aliphatic carbocycles. The van der Waals surface area contributed by atoms with Crippen LogP contribution in [0, 0.1) is 5.92 Å². The van der Waals surface area contributed by atoms with Gasteiger partial charge < -0.3 is 4.74 Å². The predicted molar refractivity (Wildman–Crippen MR) is 40.8 cm³/mol. The Morgan fingerprint density at radius 2 is 2.36 bits per heavy atom. The van der Waals surface area contributed by atoms with Crippen LogP contribution in [0.25, 0.3) is 0 Å². The minimum absolute atomic E-state index is 0.0518. The summed E-state index contributed by atoms with van der Waals surface area (Å²) in [7, 11) is 0. The molecule has 0 fully saturated rings. The molecule has 0 N–H and O–H groups in total. The quantitative estimate of drug-likeness (QED) is 0.496. The first-order chi connectivity index (χ1) is 5.25. The van der Waals surface area contributed by atoms with Gasteiger partial charge in [0, 0.05) is 6.42 Å². The van der Waals surface area contributed by atoms with Gasteiger partial charge >= 0.3 is 5.97 Å². The summed E-state index contributed by atoms with van der Waals surface area (Å²) in [6, 6.07) is 0. The molecule has 1 heterocycles. The molecule has 0 aromatic carbocycles. The first kappa shape index (κ1) is 6.89. The molecule has 1 atom stereocenters. The van der Waals surface area contributed by atoms with E-state index in [1.165, 1.54) is 12.0 Å². The second kappa shape index (κ2) is 2.36. The molecular formula is C9H12O2.